The fourth-order valence-corrected chi connectivity index (χ4v) is 2.28. The van der Waals surface area contributed by atoms with Crippen LogP contribution in [0.3, 0.4) is 0 Å². The SMILES string of the molecule is COCCNCc1cc(C)nc(CC2CCOC2)n1. The molecule has 19 heavy (non-hydrogen) atoms. The third-order valence-corrected chi connectivity index (χ3v) is 3.24. The Bertz CT molecular complexity index is 392. The van der Waals surface area contributed by atoms with Gasteiger partial charge in [-0.3, -0.25) is 0 Å². The van der Waals surface area contributed by atoms with Crippen LogP contribution in [0.1, 0.15) is 23.6 Å². The third-order valence-electron chi connectivity index (χ3n) is 3.24. The molecule has 1 fully saturated rings. The Hall–Kier alpha value is -1.04. The van der Waals surface area contributed by atoms with E-state index in [4.69, 9.17) is 9.47 Å². The van der Waals surface area contributed by atoms with Gasteiger partial charge in [0.2, 0.25) is 0 Å². The van der Waals surface area contributed by atoms with Crippen LogP contribution in [0.25, 0.3) is 0 Å². The maximum Gasteiger partial charge on any atom is 0.129 e. The summed E-state index contributed by atoms with van der Waals surface area (Å²) < 4.78 is 10.4. The van der Waals surface area contributed by atoms with E-state index in [2.05, 4.69) is 15.3 Å². The molecule has 0 amide bonds. The molecule has 1 atom stereocenters. The summed E-state index contributed by atoms with van der Waals surface area (Å²) >= 11 is 0. The van der Waals surface area contributed by atoms with E-state index >= 15 is 0 Å². The van der Waals surface area contributed by atoms with Gasteiger partial charge in [0.1, 0.15) is 5.82 Å². The molecule has 1 unspecified atom stereocenters. The van der Waals surface area contributed by atoms with Gasteiger partial charge < -0.3 is 14.8 Å². The number of aromatic nitrogens is 2. The molecule has 5 nitrogen and oxygen atoms in total. The van der Waals surface area contributed by atoms with Crippen LogP contribution in [-0.4, -0.2) is 43.4 Å². The number of ether oxygens (including phenoxy) is 2. The minimum Gasteiger partial charge on any atom is -0.383 e. The second-order valence-electron chi connectivity index (χ2n) is 5.02. The summed E-state index contributed by atoms with van der Waals surface area (Å²) in [5.74, 6) is 1.52. The molecule has 0 spiro atoms. The Morgan fingerprint density at radius 2 is 2.37 bits per heavy atom. The molecule has 106 valence electrons. The summed E-state index contributed by atoms with van der Waals surface area (Å²) in [5.41, 5.74) is 2.09. The first-order chi connectivity index (χ1) is 9.28. The molecular formula is C14H23N3O2. The van der Waals surface area contributed by atoms with Crippen molar-refractivity contribution in [1.82, 2.24) is 15.3 Å². The summed E-state index contributed by atoms with van der Waals surface area (Å²) in [7, 11) is 1.71. The number of aryl methyl sites for hydroxylation is 1. The lowest BCUT2D eigenvalue weighted by Gasteiger charge is -2.09. The molecule has 5 heteroatoms. The highest BCUT2D eigenvalue weighted by Gasteiger charge is 2.17. The van der Waals surface area contributed by atoms with Gasteiger partial charge in [-0.25, -0.2) is 9.97 Å². The maximum absolute atomic E-state index is 5.40. The average molecular weight is 265 g/mol. The topological polar surface area (TPSA) is 56.3 Å². The van der Waals surface area contributed by atoms with Crippen molar-refractivity contribution in [1.29, 1.82) is 0 Å². The molecule has 0 saturated carbocycles. The molecule has 0 bridgehead atoms. The summed E-state index contributed by atoms with van der Waals surface area (Å²) in [5, 5.41) is 3.31. The standard InChI is InChI=1S/C14H23N3O2/c1-11-7-13(9-15-4-6-18-2)17-14(16-11)8-12-3-5-19-10-12/h7,12,15H,3-6,8-10H2,1-2H3. The Labute approximate surface area is 114 Å². The van der Waals surface area contributed by atoms with Gasteiger partial charge in [-0.2, -0.15) is 0 Å². The van der Waals surface area contributed by atoms with Gasteiger partial charge in [-0.1, -0.05) is 0 Å². The van der Waals surface area contributed by atoms with Crippen molar-refractivity contribution in [2.45, 2.75) is 26.3 Å². The van der Waals surface area contributed by atoms with Crippen LogP contribution in [0.5, 0.6) is 0 Å². The maximum atomic E-state index is 5.40. The minimum atomic E-state index is 0.580. The molecule has 1 N–H and O–H groups in total. The smallest absolute Gasteiger partial charge is 0.129 e. The predicted molar refractivity (Wildman–Crippen MR) is 73.0 cm³/mol. The zero-order chi connectivity index (χ0) is 13.5. The Kier molecular flexibility index (Phi) is 5.69. The van der Waals surface area contributed by atoms with Crippen molar-refractivity contribution in [3.8, 4) is 0 Å². The summed E-state index contributed by atoms with van der Waals surface area (Å²) in [6.07, 6.45) is 2.05. The molecule has 1 aliphatic rings. The molecule has 2 heterocycles. The van der Waals surface area contributed by atoms with Crippen LogP contribution in [0.4, 0.5) is 0 Å². The van der Waals surface area contributed by atoms with Gasteiger partial charge in [-0.05, 0) is 25.3 Å². The van der Waals surface area contributed by atoms with Crippen LogP contribution >= 0.6 is 0 Å². The molecule has 1 aromatic rings. The first-order valence-electron chi connectivity index (χ1n) is 6.89. The highest BCUT2D eigenvalue weighted by molar-refractivity contribution is 5.10. The van der Waals surface area contributed by atoms with E-state index in [0.717, 1.165) is 63.0 Å². The molecule has 1 saturated heterocycles. The second-order valence-corrected chi connectivity index (χ2v) is 5.02. The lowest BCUT2D eigenvalue weighted by atomic mass is 10.0. The van der Waals surface area contributed by atoms with E-state index in [1.807, 2.05) is 13.0 Å². The van der Waals surface area contributed by atoms with E-state index in [0.29, 0.717) is 5.92 Å². The number of methoxy groups -OCH3 is 1. The zero-order valence-electron chi connectivity index (χ0n) is 11.8. The van der Waals surface area contributed by atoms with Gasteiger partial charge in [0.25, 0.3) is 0 Å². The van der Waals surface area contributed by atoms with Crippen molar-refractivity contribution >= 4 is 0 Å². The second kappa shape index (κ2) is 7.53. The number of nitrogens with one attached hydrogen (secondary N) is 1. The van der Waals surface area contributed by atoms with Crippen molar-refractivity contribution in [2.75, 3.05) is 33.5 Å². The van der Waals surface area contributed by atoms with Gasteiger partial charge in [0.15, 0.2) is 0 Å². The normalized spacial score (nSPS) is 18.9. The zero-order valence-corrected chi connectivity index (χ0v) is 11.8. The van der Waals surface area contributed by atoms with Gasteiger partial charge in [-0.15, -0.1) is 0 Å². The van der Waals surface area contributed by atoms with Crippen molar-refractivity contribution in [3.63, 3.8) is 0 Å². The first-order valence-corrected chi connectivity index (χ1v) is 6.89. The van der Waals surface area contributed by atoms with Crippen molar-refractivity contribution in [3.05, 3.63) is 23.3 Å². The van der Waals surface area contributed by atoms with Crippen LogP contribution in [0.2, 0.25) is 0 Å². The summed E-state index contributed by atoms with van der Waals surface area (Å²) in [6.45, 7) is 6.07. The van der Waals surface area contributed by atoms with Crippen molar-refractivity contribution in [2.24, 2.45) is 5.92 Å². The van der Waals surface area contributed by atoms with Gasteiger partial charge in [0.05, 0.1) is 12.3 Å². The summed E-state index contributed by atoms with van der Waals surface area (Å²) in [6, 6.07) is 2.04. The van der Waals surface area contributed by atoms with Crippen LogP contribution in [0, 0.1) is 12.8 Å². The van der Waals surface area contributed by atoms with Crippen LogP contribution in [-0.2, 0) is 22.4 Å². The number of hydrogen-bond donors (Lipinski definition) is 1. The molecular weight excluding hydrogens is 242 g/mol. The van der Waals surface area contributed by atoms with Gasteiger partial charge >= 0.3 is 0 Å². The lowest BCUT2D eigenvalue weighted by molar-refractivity contribution is 0.185. The largest absolute Gasteiger partial charge is 0.383 e. The van der Waals surface area contributed by atoms with Gasteiger partial charge in [0, 0.05) is 45.5 Å². The molecule has 0 radical (unpaired) electrons. The Morgan fingerprint density at radius 3 is 3.11 bits per heavy atom. The third kappa shape index (κ3) is 4.86. The fraction of sp³-hybridized carbons (Fsp3) is 0.714. The Morgan fingerprint density at radius 1 is 1.47 bits per heavy atom. The molecule has 2 rings (SSSR count). The lowest BCUT2D eigenvalue weighted by Crippen LogP contribution is -2.20. The average Bonchev–Trinajstić information content (AvgIpc) is 2.87. The van der Waals surface area contributed by atoms with E-state index in [1.54, 1.807) is 7.11 Å². The number of rotatable bonds is 7. The summed E-state index contributed by atoms with van der Waals surface area (Å²) in [4.78, 5) is 9.15. The van der Waals surface area contributed by atoms with E-state index < -0.39 is 0 Å². The highest BCUT2D eigenvalue weighted by atomic mass is 16.5. The minimum absolute atomic E-state index is 0.580. The Balaban J connectivity index is 1.90. The molecule has 0 aliphatic carbocycles. The van der Waals surface area contributed by atoms with E-state index in [-0.39, 0.29) is 0 Å². The van der Waals surface area contributed by atoms with Crippen LogP contribution in [0.15, 0.2) is 6.07 Å². The molecule has 0 aromatic carbocycles. The predicted octanol–water partition coefficient (Wildman–Crippen LogP) is 1.10. The van der Waals surface area contributed by atoms with Crippen LogP contribution < -0.4 is 5.32 Å². The van der Waals surface area contributed by atoms with E-state index in [9.17, 15) is 0 Å². The van der Waals surface area contributed by atoms with Crippen molar-refractivity contribution < 1.29 is 9.47 Å². The monoisotopic (exact) mass is 265 g/mol. The first kappa shape index (κ1) is 14.4. The molecule has 1 aromatic heterocycles. The molecule has 1 aliphatic heterocycles. The number of hydrogen-bond acceptors (Lipinski definition) is 5. The number of nitrogens with zero attached hydrogens (tertiary/aromatic N) is 2. The quantitative estimate of drug-likeness (QED) is 0.748. The fourth-order valence-electron chi connectivity index (χ4n) is 2.28. The van der Waals surface area contributed by atoms with E-state index in [1.165, 1.54) is 0 Å². The highest BCUT2D eigenvalue weighted by Crippen LogP contribution is 2.16.